The molecule has 3 saturated carbocycles. The largest absolute Gasteiger partial charge is 0.456 e. The molecular formula is C31H44O6. The Morgan fingerprint density at radius 3 is 2.51 bits per heavy atom. The SMILES string of the molecule is COCC(C)[C@H]1CC[C@H]2[C@@H]3C=C[C@@]4(O)C[C@@H](OC(=O)c5ccccc5)C(OC)[C@H](O)[C@]4(C)[C@H]3CC[C@]12C. The Hall–Kier alpha value is -1.73. The van der Waals surface area contributed by atoms with Crippen LogP contribution < -0.4 is 0 Å². The highest BCUT2D eigenvalue weighted by molar-refractivity contribution is 5.89. The zero-order valence-corrected chi connectivity index (χ0v) is 22.9. The number of carbonyl (C=O) groups is 1. The Balaban J connectivity index is 1.44. The van der Waals surface area contributed by atoms with Crippen LogP contribution in [0.3, 0.4) is 0 Å². The van der Waals surface area contributed by atoms with E-state index in [9.17, 15) is 15.0 Å². The smallest absolute Gasteiger partial charge is 0.338 e. The van der Waals surface area contributed by atoms with Crippen LogP contribution in [0.25, 0.3) is 0 Å². The lowest BCUT2D eigenvalue weighted by molar-refractivity contribution is -0.257. The van der Waals surface area contributed by atoms with Crippen molar-refractivity contribution in [1.82, 2.24) is 0 Å². The van der Waals surface area contributed by atoms with Crippen LogP contribution >= 0.6 is 0 Å². The van der Waals surface area contributed by atoms with E-state index in [-0.39, 0.29) is 17.8 Å². The molecule has 2 N–H and O–H groups in total. The van der Waals surface area contributed by atoms with E-state index in [0.29, 0.717) is 29.2 Å². The first-order chi connectivity index (χ1) is 17.6. The van der Waals surface area contributed by atoms with E-state index in [2.05, 4.69) is 19.9 Å². The number of methoxy groups -OCH3 is 2. The van der Waals surface area contributed by atoms with Crippen LogP contribution in [0, 0.1) is 40.4 Å². The Morgan fingerprint density at radius 1 is 1.11 bits per heavy atom. The fourth-order valence-electron chi connectivity index (χ4n) is 9.19. The summed E-state index contributed by atoms with van der Waals surface area (Å²) in [6.45, 7) is 7.59. The molecule has 1 aromatic carbocycles. The van der Waals surface area contributed by atoms with Crippen LogP contribution in [0.1, 0.15) is 63.2 Å². The molecule has 6 heteroatoms. The van der Waals surface area contributed by atoms with Crippen molar-refractivity contribution in [2.24, 2.45) is 40.4 Å². The molecule has 204 valence electrons. The topological polar surface area (TPSA) is 85.2 Å². The quantitative estimate of drug-likeness (QED) is 0.427. The third kappa shape index (κ3) is 4.02. The van der Waals surface area contributed by atoms with Gasteiger partial charge >= 0.3 is 5.97 Å². The van der Waals surface area contributed by atoms with Gasteiger partial charge in [0.1, 0.15) is 12.2 Å². The van der Waals surface area contributed by atoms with Gasteiger partial charge in [-0.3, -0.25) is 0 Å². The summed E-state index contributed by atoms with van der Waals surface area (Å²) >= 11 is 0. The molecule has 4 aliphatic rings. The van der Waals surface area contributed by atoms with Crippen molar-refractivity contribution < 1.29 is 29.2 Å². The van der Waals surface area contributed by atoms with Crippen LogP contribution in [0.4, 0.5) is 0 Å². The molecule has 0 aliphatic heterocycles. The van der Waals surface area contributed by atoms with Crippen LogP contribution in [0.15, 0.2) is 42.5 Å². The van der Waals surface area contributed by atoms with E-state index in [1.807, 2.05) is 19.1 Å². The molecule has 0 aromatic heterocycles. The molecule has 0 radical (unpaired) electrons. The number of hydrogen-bond acceptors (Lipinski definition) is 6. The Morgan fingerprint density at radius 2 is 1.84 bits per heavy atom. The maximum absolute atomic E-state index is 12.9. The number of aliphatic hydroxyl groups is 2. The molecule has 37 heavy (non-hydrogen) atoms. The minimum Gasteiger partial charge on any atom is -0.456 e. The first-order valence-corrected chi connectivity index (χ1v) is 14.0. The number of ether oxygens (including phenoxy) is 3. The first kappa shape index (κ1) is 26.9. The number of aliphatic hydroxyl groups excluding tert-OH is 1. The van der Waals surface area contributed by atoms with Crippen molar-refractivity contribution in [3.05, 3.63) is 48.0 Å². The van der Waals surface area contributed by atoms with E-state index in [1.54, 1.807) is 38.5 Å². The zero-order chi connectivity index (χ0) is 26.6. The van der Waals surface area contributed by atoms with E-state index >= 15 is 0 Å². The number of fused-ring (bicyclic) bond motifs is 5. The monoisotopic (exact) mass is 512 g/mol. The van der Waals surface area contributed by atoms with Gasteiger partial charge in [0.15, 0.2) is 0 Å². The van der Waals surface area contributed by atoms with Crippen LogP contribution in [-0.2, 0) is 14.2 Å². The molecule has 1 aromatic rings. The minimum absolute atomic E-state index is 0.121. The van der Waals surface area contributed by atoms with Gasteiger partial charge in [-0.25, -0.2) is 4.79 Å². The molecule has 6 nitrogen and oxygen atoms in total. The highest BCUT2D eigenvalue weighted by Gasteiger charge is 2.68. The molecule has 0 amide bonds. The highest BCUT2D eigenvalue weighted by atomic mass is 16.6. The van der Waals surface area contributed by atoms with Gasteiger partial charge in [0.2, 0.25) is 0 Å². The highest BCUT2D eigenvalue weighted by Crippen LogP contribution is 2.67. The van der Waals surface area contributed by atoms with Crippen molar-refractivity contribution in [3.63, 3.8) is 0 Å². The second-order valence-corrected chi connectivity index (χ2v) is 12.7. The van der Waals surface area contributed by atoms with Gasteiger partial charge in [-0.1, -0.05) is 51.1 Å². The van der Waals surface area contributed by atoms with E-state index in [1.165, 1.54) is 6.42 Å². The van der Waals surface area contributed by atoms with Gasteiger partial charge in [-0.2, -0.15) is 0 Å². The van der Waals surface area contributed by atoms with E-state index < -0.39 is 35.3 Å². The number of rotatable bonds is 6. The lowest BCUT2D eigenvalue weighted by Gasteiger charge is -2.64. The lowest BCUT2D eigenvalue weighted by atomic mass is 9.44. The second kappa shape index (κ2) is 9.78. The molecule has 4 aliphatic carbocycles. The standard InChI is InChI=1S/C31H44O6/c1-19(18-35-4)22-11-12-23-21-13-16-31(34)17-25(37-28(33)20-9-7-6-8-10-20)26(36-5)27(32)30(31,3)24(21)14-15-29(22,23)2/h6-10,13,16,19,21-27,32,34H,11-12,14-15,17-18H2,1-5H3/t19?,21-,22+,23-,24-,25+,26?,27-,29+,30-,31+/m0/s1. The van der Waals surface area contributed by atoms with Crippen molar-refractivity contribution in [2.75, 3.05) is 20.8 Å². The first-order valence-electron chi connectivity index (χ1n) is 14.0. The predicted octanol–water partition coefficient (Wildman–Crippen LogP) is 4.64. The van der Waals surface area contributed by atoms with Crippen molar-refractivity contribution >= 4 is 5.97 Å². The summed E-state index contributed by atoms with van der Waals surface area (Å²) in [6.07, 6.45) is 6.29. The van der Waals surface area contributed by atoms with Crippen LogP contribution in [0.2, 0.25) is 0 Å². The van der Waals surface area contributed by atoms with Gasteiger partial charge in [-0.15, -0.1) is 0 Å². The number of esters is 1. The summed E-state index contributed by atoms with van der Waals surface area (Å²) in [4.78, 5) is 12.9. The summed E-state index contributed by atoms with van der Waals surface area (Å²) in [5.74, 6) is 1.57. The van der Waals surface area contributed by atoms with Crippen LogP contribution in [-0.4, -0.2) is 60.9 Å². The summed E-state index contributed by atoms with van der Waals surface area (Å²) in [5.41, 5.74) is -1.43. The fourth-order valence-corrected chi connectivity index (χ4v) is 9.19. The van der Waals surface area contributed by atoms with Gasteiger partial charge in [0, 0.05) is 32.7 Å². The molecule has 0 spiro atoms. The fraction of sp³-hybridized carbons (Fsp3) is 0.710. The maximum atomic E-state index is 12.9. The van der Waals surface area contributed by atoms with Crippen molar-refractivity contribution in [1.29, 1.82) is 0 Å². The zero-order valence-electron chi connectivity index (χ0n) is 22.9. The third-order valence-corrected chi connectivity index (χ3v) is 11.2. The van der Waals surface area contributed by atoms with Crippen LogP contribution in [0.5, 0.6) is 0 Å². The molecule has 2 unspecified atom stereocenters. The van der Waals surface area contributed by atoms with Gasteiger partial charge < -0.3 is 24.4 Å². The van der Waals surface area contributed by atoms with Gasteiger partial charge in [0.05, 0.1) is 17.3 Å². The summed E-state index contributed by atoms with van der Waals surface area (Å²) < 4.78 is 17.2. The summed E-state index contributed by atoms with van der Waals surface area (Å²) in [6, 6.07) is 8.82. The van der Waals surface area contributed by atoms with E-state index in [0.717, 1.165) is 25.9 Å². The molecule has 0 heterocycles. The third-order valence-electron chi connectivity index (χ3n) is 11.2. The van der Waals surface area contributed by atoms with Crippen molar-refractivity contribution in [2.45, 2.75) is 76.8 Å². The van der Waals surface area contributed by atoms with Gasteiger partial charge in [0.25, 0.3) is 0 Å². The molecule has 3 fully saturated rings. The van der Waals surface area contributed by atoms with Gasteiger partial charge in [-0.05, 0) is 72.8 Å². The van der Waals surface area contributed by atoms with Crippen molar-refractivity contribution in [3.8, 4) is 0 Å². The Kier molecular flexibility index (Phi) is 7.10. The predicted molar refractivity (Wildman–Crippen MR) is 141 cm³/mol. The molecule has 0 bridgehead atoms. The minimum atomic E-state index is -1.29. The number of carbonyl (C=O) groups excluding carboxylic acids is 1. The number of allylic oxidation sites excluding steroid dienone is 1. The molecule has 0 saturated heterocycles. The van der Waals surface area contributed by atoms with E-state index in [4.69, 9.17) is 14.2 Å². The second-order valence-electron chi connectivity index (χ2n) is 12.7. The number of benzene rings is 1. The average molecular weight is 513 g/mol. The Labute approximate surface area is 221 Å². The average Bonchev–Trinajstić information content (AvgIpc) is 3.24. The molecule has 5 rings (SSSR count). The normalized spacial score (nSPS) is 45.4. The number of hydrogen-bond donors (Lipinski definition) is 2. The summed E-state index contributed by atoms with van der Waals surface area (Å²) in [5, 5.41) is 24.0. The Bertz CT molecular complexity index is 1010. The summed E-state index contributed by atoms with van der Waals surface area (Å²) in [7, 11) is 3.34. The molecular weight excluding hydrogens is 468 g/mol. The molecule has 11 atom stereocenters. The lowest BCUT2D eigenvalue weighted by Crippen LogP contribution is -2.71. The maximum Gasteiger partial charge on any atom is 0.338 e.